The summed E-state index contributed by atoms with van der Waals surface area (Å²) in [6.45, 7) is 2.45. The zero-order valence-electron chi connectivity index (χ0n) is 5.98. The van der Waals surface area contributed by atoms with E-state index in [2.05, 4.69) is 0 Å². The third-order valence-corrected chi connectivity index (χ3v) is 1.23. The molecule has 0 aliphatic carbocycles. The summed E-state index contributed by atoms with van der Waals surface area (Å²) in [5, 5.41) is 26.3. The minimum atomic E-state index is -1.47. The van der Waals surface area contributed by atoms with Gasteiger partial charge in [0.15, 0.2) is 5.78 Å². The molecule has 0 spiro atoms. The molecule has 0 rings (SSSR count). The molecule has 3 N–H and O–H groups in total. The summed E-state index contributed by atoms with van der Waals surface area (Å²) in [4.78, 5) is 10.4. The summed E-state index contributed by atoms with van der Waals surface area (Å²) in [5.41, 5.74) is 0. The third kappa shape index (κ3) is 2.43. The first-order valence-corrected chi connectivity index (χ1v) is 3.01. The maximum absolute atomic E-state index is 10.4. The highest BCUT2D eigenvalue weighted by atomic mass is 16.4. The summed E-state index contributed by atoms with van der Waals surface area (Å²) in [5.74, 6) is -0.548. The van der Waals surface area contributed by atoms with Gasteiger partial charge in [-0.25, -0.2) is 0 Å². The van der Waals surface area contributed by atoms with Crippen LogP contribution in [0.5, 0.6) is 0 Å². The molecule has 0 saturated carbocycles. The van der Waals surface area contributed by atoms with E-state index >= 15 is 0 Å². The van der Waals surface area contributed by atoms with Gasteiger partial charge in [-0.3, -0.25) is 4.79 Å². The Kier molecular flexibility index (Phi) is 3.49. The lowest BCUT2D eigenvalue weighted by Gasteiger charge is -2.17. The Labute approximate surface area is 59.1 Å². The van der Waals surface area contributed by atoms with Crippen LogP contribution >= 0.6 is 0 Å². The van der Waals surface area contributed by atoms with E-state index in [1.807, 2.05) is 0 Å². The Bertz CT molecular complexity index is 121. The second kappa shape index (κ2) is 3.65. The van der Waals surface area contributed by atoms with E-state index in [1.165, 1.54) is 6.92 Å². The lowest BCUT2D eigenvalue weighted by molar-refractivity contribution is -0.135. The van der Waals surface area contributed by atoms with Gasteiger partial charge in [0.1, 0.15) is 12.2 Å². The maximum atomic E-state index is 10.4. The van der Waals surface area contributed by atoms with Crippen molar-refractivity contribution in [2.75, 3.05) is 0 Å². The van der Waals surface area contributed by atoms with E-state index in [0.29, 0.717) is 0 Å². The molecule has 0 unspecified atom stereocenters. The van der Waals surface area contributed by atoms with Gasteiger partial charge in [0, 0.05) is 0 Å². The Morgan fingerprint density at radius 3 is 1.80 bits per heavy atom. The molecule has 3 atom stereocenters. The van der Waals surface area contributed by atoms with Gasteiger partial charge in [-0.15, -0.1) is 0 Å². The Morgan fingerprint density at radius 2 is 1.70 bits per heavy atom. The molecule has 4 nitrogen and oxygen atoms in total. The summed E-state index contributed by atoms with van der Waals surface area (Å²) >= 11 is 0. The molecule has 0 aromatic rings. The maximum Gasteiger partial charge on any atom is 0.160 e. The lowest BCUT2D eigenvalue weighted by Crippen LogP contribution is -2.39. The van der Waals surface area contributed by atoms with Crippen LogP contribution in [0.4, 0.5) is 0 Å². The number of Topliss-reactive ketones (excluding diaryl/α,β-unsaturated/α-hetero) is 1. The van der Waals surface area contributed by atoms with Crippen LogP contribution in [0.1, 0.15) is 13.8 Å². The van der Waals surface area contributed by atoms with Crippen LogP contribution in [-0.2, 0) is 4.79 Å². The van der Waals surface area contributed by atoms with Crippen LogP contribution in [0.25, 0.3) is 0 Å². The van der Waals surface area contributed by atoms with Crippen LogP contribution in [0.3, 0.4) is 0 Å². The highest BCUT2D eigenvalue weighted by molar-refractivity contribution is 5.80. The summed E-state index contributed by atoms with van der Waals surface area (Å²) in [6, 6.07) is 0. The van der Waals surface area contributed by atoms with Gasteiger partial charge < -0.3 is 15.3 Å². The average molecular weight is 148 g/mol. The molecule has 10 heavy (non-hydrogen) atoms. The highest BCUT2D eigenvalue weighted by Gasteiger charge is 2.24. The van der Waals surface area contributed by atoms with E-state index in [9.17, 15) is 4.79 Å². The van der Waals surface area contributed by atoms with Gasteiger partial charge in [0.25, 0.3) is 0 Å². The van der Waals surface area contributed by atoms with Crippen molar-refractivity contribution in [3.05, 3.63) is 0 Å². The minimum Gasteiger partial charge on any atom is -0.391 e. The van der Waals surface area contributed by atoms with Crippen molar-refractivity contribution in [1.29, 1.82) is 0 Å². The summed E-state index contributed by atoms with van der Waals surface area (Å²) < 4.78 is 0. The molecular formula is C6H12O4. The van der Waals surface area contributed by atoms with E-state index in [0.717, 1.165) is 6.92 Å². The van der Waals surface area contributed by atoms with Gasteiger partial charge in [-0.05, 0) is 13.8 Å². The van der Waals surface area contributed by atoms with Crippen molar-refractivity contribution in [2.24, 2.45) is 0 Å². The number of aliphatic hydroxyl groups is 3. The summed E-state index contributed by atoms with van der Waals surface area (Å²) in [6.07, 6.45) is -3.93. The first-order chi connectivity index (χ1) is 4.46. The number of carbonyl (C=O) groups is 1. The Hall–Kier alpha value is -0.450. The van der Waals surface area contributed by atoms with E-state index in [1.54, 1.807) is 0 Å². The van der Waals surface area contributed by atoms with Gasteiger partial charge in [-0.1, -0.05) is 0 Å². The number of hydrogen-bond acceptors (Lipinski definition) is 4. The molecule has 0 saturated heterocycles. The number of ketones is 1. The van der Waals surface area contributed by atoms with Crippen LogP contribution in [0, 0.1) is 0 Å². The van der Waals surface area contributed by atoms with Gasteiger partial charge >= 0.3 is 0 Å². The van der Waals surface area contributed by atoms with Crippen molar-refractivity contribution in [2.45, 2.75) is 32.2 Å². The zero-order chi connectivity index (χ0) is 8.31. The smallest absolute Gasteiger partial charge is 0.160 e. The first kappa shape index (κ1) is 9.55. The van der Waals surface area contributed by atoms with Crippen LogP contribution in [0.15, 0.2) is 0 Å². The molecule has 0 heterocycles. The molecule has 4 heteroatoms. The van der Waals surface area contributed by atoms with E-state index < -0.39 is 24.1 Å². The molecule has 0 radical (unpaired) electrons. The number of hydrogen-bond donors (Lipinski definition) is 3. The molecule has 0 aliphatic rings. The van der Waals surface area contributed by atoms with E-state index in [4.69, 9.17) is 15.3 Å². The fraction of sp³-hybridized carbons (Fsp3) is 0.833. The van der Waals surface area contributed by atoms with E-state index in [-0.39, 0.29) is 0 Å². The van der Waals surface area contributed by atoms with Gasteiger partial charge in [0.2, 0.25) is 0 Å². The van der Waals surface area contributed by atoms with Crippen LogP contribution in [0.2, 0.25) is 0 Å². The molecule has 60 valence electrons. The normalized spacial score (nSPS) is 19.7. The standard InChI is InChI=1S/C6H12O4/c1-3(7)5(9)6(10)4(2)8/h3,5-7,9-10H,1-2H3/t3-,5+,6+/m0/s1. The van der Waals surface area contributed by atoms with Crippen molar-refractivity contribution in [3.8, 4) is 0 Å². The average Bonchev–Trinajstić information content (AvgIpc) is 1.84. The van der Waals surface area contributed by atoms with Crippen molar-refractivity contribution in [1.82, 2.24) is 0 Å². The Morgan fingerprint density at radius 1 is 1.30 bits per heavy atom. The molecule has 0 bridgehead atoms. The second-order valence-electron chi connectivity index (χ2n) is 2.29. The molecule has 0 aromatic heterocycles. The largest absolute Gasteiger partial charge is 0.391 e. The van der Waals surface area contributed by atoms with Crippen molar-refractivity contribution >= 4 is 5.78 Å². The number of carbonyl (C=O) groups excluding carboxylic acids is 1. The summed E-state index contributed by atoms with van der Waals surface area (Å²) in [7, 11) is 0. The minimum absolute atomic E-state index is 0.548. The number of rotatable bonds is 3. The molecule has 0 fully saturated rings. The fourth-order valence-corrected chi connectivity index (χ4v) is 0.504. The zero-order valence-corrected chi connectivity index (χ0v) is 5.98. The quantitative estimate of drug-likeness (QED) is 0.464. The van der Waals surface area contributed by atoms with Crippen LogP contribution in [-0.4, -0.2) is 39.4 Å². The highest BCUT2D eigenvalue weighted by Crippen LogP contribution is 1.99. The topological polar surface area (TPSA) is 77.8 Å². The lowest BCUT2D eigenvalue weighted by atomic mass is 10.1. The van der Waals surface area contributed by atoms with Gasteiger partial charge in [-0.2, -0.15) is 0 Å². The second-order valence-corrected chi connectivity index (χ2v) is 2.29. The predicted molar refractivity (Wildman–Crippen MR) is 34.4 cm³/mol. The first-order valence-electron chi connectivity index (χ1n) is 3.01. The van der Waals surface area contributed by atoms with Gasteiger partial charge in [0.05, 0.1) is 6.10 Å². The molecular weight excluding hydrogens is 136 g/mol. The molecule has 0 amide bonds. The predicted octanol–water partition coefficient (Wildman–Crippen LogP) is -1.32. The van der Waals surface area contributed by atoms with Crippen molar-refractivity contribution in [3.63, 3.8) is 0 Å². The molecule has 0 aliphatic heterocycles. The third-order valence-electron chi connectivity index (χ3n) is 1.23. The van der Waals surface area contributed by atoms with Crippen molar-refractivity contribution < 1.29 is 20.1 Å². The molecule has 0 aromatic carbocycles. The van der Waals surface area contributed by atoms with Crippen LogP contribution < -0.4 is 0 Å². The monoisotopic (exact) mass is 148 g/mol. The Balaban J connectivity index is 3.94. The number of aliphatic hydroxyl groups excluding tert-OH is 3. The SMILES string of the molecule is CC(=O)[C@@H](O)[C@H](O)[C@H](C)O. The fourth-order valence-electron chi connectivity index (χ4n) is 0.504.